The average molecular weight is 421 g/mol. The van der Waals surface area contributed by atoms with E-state index in [2.05, 4.69) is 33.7 Å². The van der Waals surface area contributed by atoms with Crippen LogP contribution in [0.5, 0.6) is 5.88 Å². The van der Waals surface area contributed by atoms with Crippen molar-refractivity contribution < 1.29 is 9.53 Å². The first-order chi connectivity index (χ1) is 15.5. The lowest BCUT2D eigenvalue weighted by Gasteiger charge is -2.28. The first-order valence-corrected chi connectivity index (χ1v) is 10.2. The third kappa shape index (κ3) is 3.28. The van der Waals surface area contributed by atoms with E-state index in [9.17, 15) is 10.1 Å². The van der Waals surface area contributed by atoms with Crippen LogP contribution in [0.15, 0.2) is 66.7 Å². The molecule has 0 saturated carbocycles. The molecule has 2 heterocycles. The first-order valence-electron chi connectivity index (χ1n) is 10.2. The highest BCUT2D eigenvalue weighted by Crippen LogP contribution is 2.46. The Labute approximate surface area is 184 Å². The predicted molar refractivity (Wildman–Crippen MR) is 122 cm³/mol. The van der Waals surface area contributed by atoms with E-state index in [-0.39, 0.29) is 11.8 Å². The fourth-order valence-electron chi connectivity index (χ4n) is 4.22. The molecule has 0 saturated heterocycles. The number of aromatic amines is 1. The minimum absolute atomic E-state index is 0.132. The Hall–Kier alpha value is -4.44. The fourth-order valence-corrected chi connectivity index (χ4v) is 4.22. The lowest BCUT2D eigenvalue weighted by molar-refractivity contribution is -0.114. The van der Waals surface area contributed by atoms with Crippen LogP contribution in [0.1, 0.15) is 24.0 Å². The molecule has 7 heteroatoms. The molecule has 3 aromatic carbocycles. The van der Waals surface area contributed by atoms with E-state index in [0.717, 1.165) is 33.2 Å². The second-order valence-corrected chi connectivity index (χ2v) is 7.73. The van der Waals surface area contributed by atoms with E-state index in [1.807, 2.05) is 42.5 Å². The number of amides is 1. The molecule has 1 aliphatic rings. The molecule has 32 heavy (non-hydrogen) atoms. The van der Waals surface area contributed by atoms with Crippen LogP contribution in [0, 0.1) is 22.7 Å². The van der Waals surface area contributed by atoms with Gasteiger partial charge in [-0.25, -0.2) is 0 Å². The number of nitrogens with zero attached hydrogens (tertiary/aromatic N) is 2. The number of fused-ring (bicyclic) bond motifs is 2. The normalized spacial score (nSPS) is 17.3. The maximum atomic E-state index is 11.4. The number of rotatable bonds is 3. The zero-order valence-corrected chi connectivity index (χ0v) is 17.2. The molecular weight excluding hydrogens is 402 g/mol. The largest absolute Gasteiger partial charge is 0.422 e. The summed E-state index contributed by atoms with van der Waals surface area (Å²) in [7, 11) is 0. The van der Waals surface area contributed by atoms with Crippen molar-refractivity contribution in [2.75, 3.05) is 5.32 Å². The van der Waals surface area contributed by atoms with Crippen LogP contribution in [-0.2, 0) is 4.79 Å². The molecule has 0 bridgehead atoms. The molecule has 0 fully saturated rings. The van der Waals surface area contributed by atoms with Crippen molar-refractivity contribution in [3.63, 3.8) is 0 Å². The highest BCUT2D eigenvalue weighted by molar-refractivity contribution is 5.90. The van der Waals surface area contributed by atoms with Gasteiger partial charge < -0.3 is 10.1 Å². The van der Waals surface area contributed by atoms with Crippen molar-refractivity contribution in [2.24, 2.45) is 5.92 Å². The van der Waals surface area contributed by atoms with Crippen LogP contribution in [-0.4, -0.2) is 22.0 Å². The van der Waals surface area contributed by atoms with Gasteiger partial charge in [0.2, 0.25) is 17.7 Å². The van der Waals surface area contributed by atoms with E-state index in [1.54, 1.807) is 12.1 Å². The van der Waals surface area contributed by atoms with Crippen molar-refractivity contribution in [3.8, 4) is 23.2 Å². The molecule has 156 valence electrons. The summed E-state index contributed by atoms with van der Waals surface area (Å²) in [4.78, 5) is 11.4. The van der Waals surface area contributed by atoms with Gasteiger partial charge in [-0.3, -0.25) is 15.3 Å². The summed E-state index contributed by atoms with van der Waals surface area (Å²) in [5, 5.41) is 30.5. The Bertz CT molecular complexity index is 1400. The van der Waals surface area contributed by atoms with Gasteiger partial charge in [0.25, 0.3) is 0 Å². The van der Waals surface area contributed by atoms with Crippen LogP contribution < -0.4 is 10.1 Å². The van der Waals surface area contributed by atoms with Gasteiger partial charge in [0, 0.05) is 24.1 Å². The molecule has 2 atom stereocenters. The van der Waals surface area contributed by atoms with Gasteiger partial charge in [0.15, 0.2) is 0 Å². The number of anilines is 1. The second-order valence-electron chi connectivity index (χ2n) is 7.73. The molecule has 1 aliphatic heterocycles. The summed E-state index contributed by atoms with van der Waals surface area (Å²) in [6.45, 7) is 1.45. The number of carbonyl (C=O) groups excluding carboxylic acids is 1. The number of nitrogens with one attached hydrogen (secondary N) is 3. The summed E-state index contributed by atoms with van der Waals surface area (Å²) < 4.78 is 5.61. The van der Waals surface area contributed by atoms with E-state index < -0.39 is 11.8 Å². The second kappa shape index (κ2) is 7.67. The van der Waals surface area contributed by atoms with Crippen LogP contribution in [0.25, 0.3) is 22.0 Å². The predicted octanol–water partition coefficient (Wildman–Crippen LogP) is 4.83. The Morgan fingerprint density at radius 2 is 1.88 bits per heavy atom. The minimum atomic E-state index is -0.800. The van der Waals surface area contributed by atoms with Crippen molar-refractivity contribution in [3.05, 3.63) is 77.9 Å². The van der Waals surface area contributed by atoms with Gasteiger partial charge in [0.1, 0.15) is 5.92 Å². The average Bonchev–Trinajstić information content (AvgIpc) is 3.21. The number of hydrogen-bond acceptors (Lipinski definition) is 5. The SMILES string of the molecule is CC(=O)Nc1ccc(C2c3c(n[nH]c3-c3ccc4ccccc4c3)OC(=N)C2C#N)cc1. The van der Waals surface area contributed by atoms with Gasteiger partial charge in [-0.2, -0.15) is 5.26 Å². The van der Waals surface area contributed by atoms with Crippen LogP contribution in [0.3, 0.4) is 0 Å². The number of aromatic nitrogens is 2. The van der Waals surface area contributed by atoms with Gasteiger partial charge >= 0.3 is 0 Å². The van der Waals surface area contributed by atoms with Crippen molar-refractivity contribution in [1.29, 1.82) is 10.7 Å². The zero-order valence-electron chi connectivity index (χ0n) is 17.2. The van der Waals surface area contributed by atoms with E-state index in [0.29, 0.717) is 11.6 Å². The number of carbonyl (C=O) groups is 1. The number of ether oxygens (including phenoxy) is 1. The molecule has 0 aliphatic carbocycles. The standard InChI is InChI=1S/C25H19N5O2/c1-14(31)28-19-10-8-16(9-11-19)21-20(13-26)24(27)32-25-22(21)23(29-30-25)18-7-6-15-4-2-3-5-17(15)12-18/h2-12,20-21,27H,1H3,(H,28,31)(H,29,30). The molecule has 2 unspecified atom stereocenters. The van der Waals surface area contributed by atoms with Crippen LogP contribution in [0.2, 0.25) is 0 Å². The highest BCUT2D eigenvalue weighted by atomic mass is 16.5. The summed E-state index contributed by atoms with van der Waals surface area (Å²) in [5.74, 6) is -1.22. The third-order valence-electron chi connectivity index (χ3n) is 5.67. The van der Waals surface area contributed by atoms with Gasteiger partial charge in [-0.15, -0.1) is 5.10 Å². The van der Waals surface area contributed by atoms with Gasteiger partial charge in [0.05, 0.1) is 17.3 Å². The fraction of sp³-hybridized carbons (Fsp3) is 0.120. The quantitative estimate of drug-likeness (QED) is 0.439. The van der Waals surface area contributed by atoms with E-state index >= 15 is 0 Å². The maximum Gasteiger partial charge on any atom is 0.244 e. The summed E-state index contributed by atoms with van der Waals surface area (Å²) in [5.41, 5.74) is 3.93. The molecular formula is C25H19N5O2. The smallest absolute Gasteiger partial charge is 0.244 e. The van der Waals surface area contributed by atoms with Crippen molar-refractivity contribution in [2.45, 2.75) is 12.8 Å². The van der Waals surface area contributed by atoms with Gasteiger partial charge in [-0.05, 0) is 34.5 Å². The Kier molecular flexibility index (Phi) is 4.68. The monoisotopic (exact) mass is 421 g/mol. The Balaban J connectivity index is 1.65. The molecule has 4 aromatic rings. The lowest BCUT2D eigenvalue weighted by Crippen LogP contribution is -2.30. The van der Waals surface area contributed by atoms with Crippen LogP contribution in [0.4, 0.5) is 5.69 Å². The van der Waals surface area contributed by atoms with E-state index in [1.165, 1.54) is 6.92 Å². The topological polar surface area (TPSA) is 115 Å². The third-order valence-corrected chi connectivity index (χ3v) is 5.67. The number of benzene rings is 3. The molecule has 7 nitrogen and oxygen atoms in total. The van der Waals surface area contributed by atoms with Crippen molar-refractivity contribution >= 4 is 28.3 Å². The van der Waals surface area contributed by atoms with Crippen LogP contribution >= 0.6 is 0 Å². The summed E-state index contributed by atoms with van der Waals surface area (Å²) in [6, 6.07) is 23.7. The first kappa shape index (κ1) is 19.5. The number of hydrogen-bond donors (Lipinski definition) is 3. The summed E-state index contributed by atoms with van der Waals surface area (Å²) >= 11 is 0. The zero-order chi connectivity index (χ0) is 22.2. The highest BCUT2D eigenvalue weighted by Gasteiger charge is 2.40. The molecule has 1 amide bonds. The number of nitriles is 1. The minimum Gasteiger partial charge on any atom is -0.422 e. The lowest BCUT2D eigenvalue weighted by atomic mass is 9.78. The molecule has 1 aromatic heterocycles. The molecule has 0 radical (unpaired) electrons. The van der Waals surface area contributed by atoms with Crippen molar-refractivity contribution in [1.82, 2.24) is 10.2 Å². The Morgan fingerprint density at radius 1 is 1.12 bits per heavy atom. The molecule has 0 spiro atoms. The maximum absolute atomic E-state index is 11.4. The molecule has 5 rings (SSSR count). The molecule has 3 N–H and O–H groups in total. The number of H-pyrrole nitrogens is 1. The summed E-state index contributed by atoms with van der Waals surface area (Å²) in [6.07, 6.45) is 0. The Morgan fingerprint density at radius 3 is 2.59 bits per heavy atom. The van der Waals surface area contributed by atoms with Gasteiger partial charge in [-0.1, -0.05) is 48.5 Å². The van der Waals surface area contributed by atoms with E-state index in [4.69, 9.17) is 10.1 Å².